The maximum Gasteiger partial charge on any atom is 0.196 e. The number of ether oxygens (including phenoxy) is 1. The first-order valence-electron chi connectivity index (χ1n) is 4.96. The summed E-state index contributed by atoms with van der Waals surface area (Å²) >= 11 is 0. The van der Waals surface area contributed by atoms with E-state index in [0.717, 1.165) is 11.1 Å². The number of aliphatic hydroxyl groups is 1. The van der Waals surface area contributed by atoms with Crippen molar-refractivity contribution in [2.45, 2.75) is 12.2 Å². The molecule has 0 fully saturated rings. The average molecular weight is 202 g/mol. The van der Waals surface area contributed by atoms with Crippen LogP contribution in [0.15, 0.2) is 48.6 Å². The van der Waals surface area contributed by atoms with Crippen molar-refractivity contribution in [1.29, 1.82) is 0 Å². The van der Waals surface area contributed by atoms with Gasteiger partial charge in [0.15, 0.2) is 5.79 Å². The molecule has 0 radical (unpaired) electrons. The smallest absolute Gasteiger partial charge is 0.196 e. The maximum absolute atomic E-state index is 10.3. The molecule has 1 aromatic carbocycles. The molecule has 1 aliphatic carbocycles. The van der Waals surface area contributed by atoms with Gasteiger partial charge in [-0.05, 0) is 5.56 Å². The van der Waals surface area contributed by atoms with E-state index in [1.54, 1.807) is 0 Å². The zero-order chi connectivity index (χ0) is 10.7. The molecule has 1 aliphatic rings. The molecule has 0 amide bonds. The Hall–Kier alpha value is -1.38. The van der Waals surface area contributed by atoms with Crippen molar-refractivity contribution in [3.8, 4) is 0 Å². The van der Waals surface area contributed by atoms with E-state index in [1.165, 1.54) is 7.11 Å². The second-order valence-corrected chi connectivity index (χ2v) is 3.57. The summed E-state index contributed by atoms with van der Waals surface area (Å²) in [5.41, 5.74) is 1.80. The van der Waals surface area contributed by atoms with Crippen molar-refractivity contribution in [2.24, 2.45) is 0 Å². The van der Waals surface area contributed by atoms with Crippen LogP contribution in [-0.4, -0.2) is 18.0 Å². The van der Waals surface area contributed by atoms with Crippen LogP contribution in [0, 0.1) is 0 Å². The molecule has 0 saturated heterocycles. The topological polar surface area (TPSA) is 29.5 Å². The fraction of sp³-hybridized carbons (Fsp3) is 0.231. The van der Waals surface area contributed by atoms with Crippen molar-refractivity contribution >= 4 is 5.57 Å². The molecule has 0 heterocycles. The van der Waals surface area contributed by atoms with E-state index in [2.05, 4.69) is 0 Å². The Balaban J connectivity index is 2.42. The molecule has 2 nitrogen and oxygen atoms in total. The van der Waals surface area contributed by atoms with Gasteiger partial charge >= 0.3 is 0 Å². The zero-order valence-corrected chi connectivity index (χ0v) is 8.68. The fourth-order valence-electron chi connectivity index (χ4n) is 1.76. The summed E-state index contributed by atoms with van der Waals surface area (Å²) in [4.78, 5) is 0. The Bertz CT molecular complexity index is 392. The molecule has 2 heteroatoms. The molecule has 0 saturated carbocycles. The second kappa shape index (κ2) is 4.01. The van der Waals surface area contributed by atoms with Gasteiger partial charge in [-0.1, -0.05) is 48.6 Å². The highest BCUT2D eigenvalue weighted by molar-refractivity contribution is 5.73. The largest absolute Gasteiger partial charge is 0.362 e. The van der Waals surface area contributed by atoms with Gasteiger partial charge in [-0.25, -0.2) is 0 Å². The number of rotatable bonds is 2. The quantitative estimate of drug-likeness (QED) is 0.746. The average Bonchev–Trinajstić information content (AvgIpc) is 2.31. The minimum Gasteiger partial charge on any atom is -0.362 e. The Kier molecular flexibility index (Phi) is 2.71. The van der Waals surface area contributed by atoms with E-state index in [0.29, 0.717) is 6.42 Å². The van der Waals surface area contributed by atoms with Gasteiger partial charge in [-0.15, -0.1) is 0 Å². The predicted molar refractivity (Wildman–Crippen MR) is 60.1 cm³/mol. The summed E-state index contributed by atoms with van der Waals surface area (Å²) in [6, 6.07) is 9.79. The number of methoxy groups -OCH3 is 1. The zero-order valence-electron chi connectivity index (χ0n) is 8.68. The van der Waals surface area contributed by atoms with Crippen molar-refractivity contribution in [2.75, 3.05) is 7.11 Å². The van der Waals surface area contributed by atoms with Gasteiger partial charge in [0.1, 0.15) is 0 Å². The van der Waals surface area contributed by atoms with Crippen LogP contribution in [0.1, 0.15) is 12.0 Å². The van der Waals surface area contributed by atoms with Gasteiger partial charge in [0, 0.05) is 19.1 Å². The van der Waals surface area contributed by atoms with Crippen LogP contribution < -0.4 is 0 Å². The molecule has 1 N–H and O–H groups in total. The van der Waals surface area contributed by atoms with E-state index in [-0.39, 0.29) is 0 Å². The summed E-state index contributed by atoms with van der Waals surface area (Å²) in [7, 11) is 1.52. The van der Waals surface area contributed by atoms with Gasteiger partial charge in [-0.3, -0.25) is 0 Å². The molecular formula is C13H14O2. The Labute approximate surface area is 89.5 Å². The first kappa shape index (κ1) is 10.1. The molecular weight excluding hydrogens is 188 g/mol. The van der Waals surface area contributed by atoms with Gasteiger partial charge < -0.3 is 9.84 Å². The molecule has 0 bridgehead atoms. The lowest BCUT2D eigenvalue weighted by molar-refractivity contribution is -0.134. The molecule has 1 atom stereocenters. The van der Waals surface area contributed by atoms with E-state index >= 15 is 0 Å². The summed E-state index contributed by atoms with van der Waals surface area (Å²) < 4.78 is 5.18. The van der Waals surface area contributed by atoms with E-state index in [4.69, 9.17) is 4.74 Å². The summed E-state index contributed by atoms with van der Waals surface area (Å²) in [6.07, 6.45) is 6.22. The van der Waals surface area contributed by atoms with E-state index in [9.17, 15) is 5.11 Å². The third-order valence-electron chi connectivity index (χ3n) is 2.64. The lowest BCUT2D eigenvalue weighted by atomic mass is 9.91. The SMILES string of the molecule is COC1(O)CC=CC=C1c1ccccc1. The summed E-state index contributed by atoms with van der Waals surface area (Å²) in [5, 5.41) is 10.3. The van der Waals surface area contributed by atoms with Gasteiger partial charge in [0.2, 0.25) is 0 Å². The number of hydrogen-bond acceptors (Lipinski definition) is 2. The van der Waals surface area contributed by atoms with E-state index in [1.807, 2.05) is 48.6 Å². The van der Waals surface area contributed by atoms with Crippen LogP contribution >= 0.6 is 0 Å². The lowest BCUT2D eigenvalue weighted by Crippen LogP contribution is -2.33. The second-order valence-electron chi connectivity index (χ2n) is 3.57. The molecule has 78 valence electrons. The number of allylic oxidation sites excluding steroid dienone is 2. The Morgan fingerprint density at radius 1 is 1.27 bits per heavy atom. The summed E-state index contributed by atoms with van der Waals surface area (Å²) in [6.45, 7) is 0. The third kappa shape index (κ3) is 1.87. The van der Waals surface area contributed by atoms with Gasteiger partial charge in [0.05, 0.1) is 0 Å². The highest BCUT2D eigenvalue weighted by atomic mass is 16.6. The lowest BCUT2D eigenvalue weighted by Gasteiger charge is -2.30. The van der Waals surface area contributed by atoms with E-state index < -0.39 is 5.79 Å². The van der Waals surface area contributed by atoms with Crippen molar-refractivity contribution in [1.82, 2.24) is 0 Å². The molecule has 0 aliphatic heterocycles. The van der Waals surface area contributed by atoms with Gasteiger partial charge in [0.25, 0.3) is 0 Å². The minimum absolute atomic E-state index is 0.490. The third-order valence-corrected chi connectivity index (χ3v) is 2.64. The molecule has 0 spiro atoms. The standard InChI is InChI=1S/C13H14O2/c1-15-13(14)10-6-5-9-12(13)11-7-3-2-4-8-11/h2-9,14H,10H2,1H3. The Morgan fingerprint density at radius 2 is 2.00 bits per heavy atom. The van der Waals surface area contributed by atoms with Crippen LogP contribution in [0.5, 0.6) is 0 Å². The molecule has 15 heavy (non-hydrogen) atoms. The van der Waals surface area contributed by atoms with Gasteiger partial charge in [-0.2, -0.15) is 0 Å². The summed E-state index contributed by atoms with van der Waals surface area (Å²) in [5.74, 6) is -1.18. The fourth-order valence-corrected chi connectivity index (χ4v) is 1.76. The number of benzene rings is 1. The van der Waals surface area contributed by atoms with Crippen molar-refractivity contribution in [3.63, 3.8) is 0 Å². The van der Waals surface area contributed by atoms with Crippen LogP contribution in [0.2, 0.25) is 0 Å². The van der Waals surface area contributed by atoms with Crippen LogP contribution in [-0.2, 0) is 4.74 Å². The molecule has 1 unspecified atom stereocenters. The molecule has 1 aromatic rings. The first-order valence-corrected chi connectivity index (χ1v) is 4.96. The molecule has 2 rings (SSSR count). The normalized spacial score (nSPS) is 25.1. The van der Waals surface area contributed by atoms with Crippen LogP contribution in [0.3, 0.4) is 0 Å². The highest BCUT2D eigenvalue weighted by Crippen LogP contribution is 2.33. The van der Waals surface area contributed by atoms with Crippen molar-refractivity contribution in [3.05, 3.63) is 54.1 Å². The number of hydrogen-bond donors (Lipinski definition) is 1. The maximum atomic E-state index is 10.3. The highest BCUT2D eigenvalue weighted by Gasteiger charge is 2.32. The monoisotopic (exact) mass is 202 g/mol. The molecule has 0 aromatic heterocycles. The minimum atomic E-state index is -1.18. The predicted octanol–water partition coefficient (Wildman–Crippen LogP) is 2.36. The van der Waals surface area contributed by atoms with Crippen LogP contribution in [0.4, 0.5) is 0 Å². The first-order chi connectivity index (χ1) is 7.26. The van der Waals surface area contributed by atoms with Crippen molar-refractivity contribution < 1.29 is 9.84 Å². The Morgan fingerprint density at radius 3 is 2.67 bits per heavy atom. The van der Waals surface area contributed by atoms with Crippen LogP contribution in [0.25, 0.3) is 5.57 Å².